The number of rotatable bonds is 4. The van der Waals surface area contributed by atoms with Crippen LogP contribution in [-0.2, 0) is 11.3 Å². The number of hydrogen-bond acceptors (Lipinski definition) is 6. The molecule has 1 aliphatic heterocycles. The monoisotopic (exact) mass is 253 g/mol. The van der Waals surface area contributed by atoms with E-state index in [1.54, 1.807) is 12.3 Å². The van der Waals surface area contributed by atoms with Gasteiger partial charge < -0.3 is 19.5 Å². The number of aliphatic hydroxyl groups excluding tert-OH is 1. The van der Waals surface area contributed by atoms with Gasteiger partial charge in [0.25, 0.3) is 0 Å². The molecule has 0 aliphatic carbocycles. The molecule has 0 spiro atoms. The Labute approximate surface area is 107 Å². The van der Waals surface area contributed by atoms with Crippen LogP contribution in [0.4, 0.5) is 0 Å². The lowest BCUT2D eigenvalue weighted by atomic mass is 10.3. The van der Waals surface area contributed by atoms with Crippen molar-refractivity contribution in [3.05, 3.63) is 18.0 Å². The molecule has 0 radical (unpaired) electrons. The molecule has 2 rings (SSSR count). The molecular formula is C12H19N3O3. The fourth-order valence-electron chi connectivity index (χ4n) is 1.88. The maximum atomic E-state index is 8.97. The van der Waals surface area contributed by atoms with E-state index < -0.39 is 0 Å². The van der Waals surface area contributed by atoms with Crippen molar-refractivity contribution in [3.63, 3.8) is 0 Å². The number of likely N-dealkylation sites (N-methyl/N-ethyl adjacent to an activating group) is 1. The van der Waals surface area contributed by atoms with Crippen LogP contribution in [-0.4, -0.2) is 59.4 Å². The Balaban J connectivity index is 1.85. The van der Waals surface area contributed by atoms with Crippen LogP contribution in [0.5, 0.6) is 6.01 Å². The van der Waals surface area contributed by atoms with Gasteiger partial charge in [0.2, 0.25) is 0 Å². The van der Waals surface area contributed by atoms with Gasteiger partial charge in [0.15, 0.2) is 0 Å². The second-order valence-electron chi connectivity index (χ2n) is 4.41. The molecule has 1 aromatic heterocycles. The van der Waals surface area contributed by atoms with E-state index in [9.17, 15) is 0 Å². The maximum Gasteiger partial charge on any atom is 0.316 e. The van der Waals surface area contributed by atoms with Crippen molar-refractivity contribution in [2.24, 2.45) is 0 Å². The third-order valence-corrected chi connectivity index (χ3v) is 2.80. The smallest absolute Gasteiger partial charge is 0.316 e. The minimum atomic E-state index is -0.110. The Morgan fingerprint density at radius 3 is 3.33 bits per heavy atom. The van der Waals surface area contributed by atoms with Gasteiger partial charge in [-0.25, -0.2) is 4.98 Å². The zero-order valence-electron chi connectivity index (χ0n) is 10.6. The Bertz CT molecular complexity index is 375. The van der Waals surface area contributed by atoms with Gasteiger partial charge in [-0.3, -0.25) is 0 Å². The van der Waals surface area contributed by atoms with Crippen LogP contribution in [0.15, 0.2) is 12.3 Å². The van der Waals surface area contributed by atoms with Crippen LogP contribution >= 0.6 is 0 Å². The summed E-state index contributed by atoms with van der Waals surface area (Å²) in [4.78, 5) is 10.3. The Morgan fingerprint density at radius 1 is 1.61 bits per heavy atom. The SMILES string of the molecule is CN1CCCOC(COc2nccc(CO)n2)C1. The largest absolute Gasteiger partial charge is 0.461 e. The van der Waals surface area contributed by atoms with Crippen molar-refractivity contribution in [2.45, 2.75) is 19.1 Å². The lowest BCUT2D eigenvalue weighted by Crippen LogP contribution is -2.33. The molecule has 1 saturated heterocycles. The second-order valence-corrected chi connectivity index (χ2v) is 4.41. The molecule has 2 heterocycles. The first-order valence-corrected chi connectivity index (χ1v) is 6.13. The molecule has 1 aromatic rings. The van der Waals surface area contributed by atoms with Crippen LogP contribution in [0.2, 0.25) is 0 Å². The van der Waals surface area contributed by atoms with Gasteiger partial charge >= 0.3 is 6.01 Å². The number of hydrogen-bond donors (Lipinski definition) is 1. The average Bonchev–Trinajstić information content (AvgIpc) is 2.61. The lowest BCUT2D eigenvalue weighted by molar-refractivity contribution is 0.0208. The third kappa shape index (κ3) is 3.90. The summed E-state index contributed by atoms with van der Waals surface area (Å²) in [6, 6.07) is 1.94. The standard InChI is InChI=1S/C12H19N3O3/c1-15-5-2-6-17-11(7-15)9-18-12-13-4-3-10(8-16)14-12/h3-4,11,16H,2,5-9H2,1H3. The molecule has 1 aliphatic rings. The van der Waals surface area contributed by atoms with Crippen molar-refractivity contribution in [1.82, 2.24) is 14.9 Å². The van der Waals surface area contributed by atoms with Gasteiger partial charge in [-0.15, -0.1) is 0 Å². The Morgan fingerprint density at radius 2 is 2.50 bits per heavy atom. The van der Waals surface area contributed by atoms with E-state index in [4.69, 9.17) is 14.6 Å². The lowest BCUT2D eigenvalue weighted by Gasteiger charge is -2.19. The van der Waals surface area contributed by atoms with Crippen molar-refractivity contribution in [3.8, 4) is 6.01 Å². The van der Waals surface area contributed by atoms with E-state index in [1.807, 2.05) is 0 Å². The predicted octanol–water partition coefficient (Wildman–Crippen LogP) is 0.0684. The molecular weight excluding hydrogens is 234 g/mol. The number of aliphatic hydroxyl groups is 1. The highest BCUT2D eigenvalue weighted by Crippen LogP contribution is 2.07. The summed E-state index contributed by atoms with van der Waals surface area (Å²) in [7, 11) is 2.07. The summed E-state index contributed by atoms with van der Waals surface area (Å²) in [5, 5.41) is 8.97. The fourth-order valence-corrected chi connectivity index (χ4v) is 1.88. The van der Waals surface area contributed by atoms with Crippen molar-refractivity contribution >= 4 is 0 Å². The topological polar surface area (TPSA) is 67.7 Å². The molecule has 1 fully saturated rings. The second kappa shape index (κ2) is 6.63. The van der Waals surface area contributed by atoms with Gasteiger partial charge in [-0.1, -0.05) is 0 Å². The Hall–Kier alpha value is -1.24. The summed E-state index contributed by atoms with van der Waals surface area (Å²) in [6.07, 6.45) is 2.66. The van der Waals surface area contributed by atoms with Gasteiger partial charge in [-0.2, -0.15) is 4.98 Å². The van der Waals surface area contributed by atoms with Crippen LogP contribution in [0.1, 0.15) is 12.1 Å². The highest BCUT2D eigenvalue weighted by Gasteiger charge is 2.17. The van der Waals surface area contributed by atoms with Crippen molar-refractivity contribution in [1.29, 1.82) is 0 Å². The minimum Gasteiger partial charge on any atom is -0.461 e. The van der Waals surface area contributed by atoms with Crippen LogP contribution in [0.25, 0.3) is 0 Å². The Kier molecular flexibility index (Phi) is 4.86. The minimum absolute atomic E-state index is 0.0406. The molecule has 18 heavy (non-hydrogen) atoms. The van der Waals surface area contributed by atoms with Crippen LogP contribution in [0, 0.1) is 0 Å². The first kappa shape index (κ1) is 13.2. The summed E-state index contributed by atoms with van der Waals surface area (Å²) in [5.74, 6) is 0. The molecule has 6 nitrogen and oxygen atoms in total. The maximum absolute atomic E-state index is 8.97. The highest BCUT2D eigenvalue weighted by atomic mass is 16.5. The zero-order valence-corrected chi connectivity index (χ0v) is 10.6. The van der Waals surface area contributed by atoms with Gasteiger partial charge in [0, 0.05) is 25.9 Å². The number of ether oxygens (including phenoxy) is 2. The number of aromatic nitrogens is 2. The summed E-state index contributed by atoms with van der Waals surface area (Å²) >= 11 is 0. The van der Waals surface area contributed by atoms with Crippen molar-refractivity contribution in [2.75, 3.05) is 33.4 Å². The normalized spacial score (nSPS) is 21.6. The van der Waals surface area contributed by atoms with Gasteiger partial charge in [0.05, 0.1) is 12.3 Å². The molecule has 1 N–H and O–H groups in total. The molecule has 1 atom stereocenters. The van der Waals surface area contributed by atoms with E-state index in [-0.39, 0.29) is 18.7 Å². The third-order valence-electron chi connectivity index (χ3n) is 2.80. The van der Waals surface area contributed by atoms with Crippen molar-refractivity contribution < 1.29 is 14.6 Å². The van der Waals surface area contributed by atoms with Crippen LogP contribution < -0.4 is 4.74 Å². The van der Waals surface area contributed by atoms with E-state index in [0.717, 1.165) is 26.1 Å². The van der Waals surface area contributed by atoms with Gasteiger partial charge in [0.1, 0.15) is 12.7 Å². The van der Waals surface area contributed by atoms with Gasteiger partial charge in [-0.05, 0) is 19.5 Å². The van der Waals surface area contributed by atoms with E-state index in [0.29, 0.717) is 12.3 Å². The van der Waals surface area contributed by atoms with E-state index in [1.165, 1.54) is 0 Å². The predicted molar refractivity (Wildman–Crippen MR) is 65.3 cm³/mol. The summed E-state index contributed by atoms with van der Waals surface area (Å²) < 4.78 is 11.2. The molecule has 0 aromatic carbocycles. The van der Waals surface area contributed by atoms with Crippen LogP contribution in [0.3, 0.4) is 0 Å². The molecule has 6 heteroatoms. The average molecular weight is 253 g/mol. The zero-order chi connectivity index (χ0) is 12.8. The highest BCUT2D eigenvalue weighted by molar-refractivity contribution is 5.04. The molecule has 1 unspecified atom stereocenters. The molecule has 0 saturated carbocycles. The van der Waals surface area contributed by atoms with E-state index in [2.05, 4.69) is 21.9 Å². The first-order chi connectivity index (χ1) is 8.78. The van der Waals surface area contributed by atoms with E-state index >= 15 is 0 Å². The number of nitrogens with zero attached hydrogens (tertiary/aromatic N) is 3. The summed E-state index contributed by atoms with van der Waals surface area (Å²) in [5.41, 5.74) is 0.555. The molecule has 100 valence electrons. The first-order valence-electron chi connectivity index (χ1n) is 6.13. The molecule has 0 amide bonds. The quantitative estimate of drug-likeness (QED) is 0.819. The molecule has 0 bridgehead atoms. The summed E-state index contributed by atoms with van der Waals surface area (Å²) in [6.45, 7) is 2.98. The fraction of sp³-hybridized carbons (Fsp3) is 0.667.